The number of rotatable bonds is 3. The fraction of sp³-hybridized carbons (Fsp3) is 1.00. The molecule has 3 unspecified atom stereocenters. The average molecular weight is 359 g/mol. The van der Waals surface area contributed by atoms with Crippen molar-refractivity contribution in [3.63, 3.8) is 0 Å². The topological polar surface area (TPSA) is 69.2 Å². The van der Waals surface area contributed by atoms with E-state index in [4.69, 9.17) is 0 Å². The first-order chi connectivity index (χ1) is 6.81. The van der Waals surface area contributed by atoms with Gasteiger partial charge in [-0.05, 0) is 0 Å². The first-order valence-corrected chi connectivity index (χ1v) is 5.79. The molecule has 0 aromatic rings. The van der Waals surface area contributed by atoms with Crippen molar-refractivity contribution in [2.45, 2.75) is 79.1 Å². The molecule has 0 N–H and O–H groups in total. The fourth-order valence-electron chi connectivity index (χ4n) is 0. The first kappa shape index (κ1) is 26.0. The minimum atomic E-state index is -0.366. The van der Waals surface area contributed by atoms with Crippen molar-refractivity contribution in [1.82, 2.24) is 0 Å². The molecule has 4 heteroatoms. The summed E-state index contributed by atoms with van der Waals surface area (Å²) in [4.78, 5) is 0. The summed E-state index contributed by atoms with van der Waals surface area (Å²) in [7, 11) is 0. The molecule has 0 rings (SSSR count). The van der Waals surface area contributed by atoms with Crippen LogP contribution in [0.2, 0.25) is 0 Å². The summed E-state index contributed by atoms with van der Waals surface area (Å²) in [5.41, 5.74) is 0. The van der Waals surface area contributed by atoms with Crippen molar-refractivity contribution in [3.8, 4) is 0 Å². The maximum Gasteiger partial charge on any atom is 3.00 e. The van der Waals surface area contributed by atoms with E-state index >= 15 is 0 Å². The van der Waals surface area contributed by atoms with Crippen molar-refractivity contribution < 1.29 is 57.1 Å². The van der Waals surface area contributed by atoms with Crippen molar-refractivity contribution in [2.24, 2.45) is 0 Å². The Bertz CT molecular complexity index is 77.2. The van der Waals surface area contributed by atoms with Crippen LogP contribution in [0.4, 0.5) is 0 Å². The summed E-state index contributed by atoms with van der Waals surface area (Å²) in [6.07, 6.45) is 1.15. The van der Waals surface area contributed by atoms with Gasteiger partial charge in [0.25, 0.3) is 0 Å². The molecule has 0 fully saturated rings. The molecule has 0 saturated carbocycles. The quantitative estimate of drug-likeness (QED) is 0.734. The van der Waals surface area contributed by atoms with Crippen LogP contribution in [-0.4, -0.2) is 18.3 Å². The molecule has 0 aliphatic heterocycles. The second-order valence-electron chi connectivity index (χ2n) is 3.66. The van der Waals surface area contributed by atoms with Gasteiger partial charge in [0.1, 0.15) is 0 Å². The minimum absolute atomic E-state index is 0. The van der Waals surface area contributed by atoms with Crippen molar-refractivity contribution in [3.05, 3.63) is 0 Å². The van der Waals surface area contributed by atoms with E-state index in [2.05, 4.69) is 0 Å². The van der Waals surface area contributed by atoms with E-state index in [1.807, 2.05) is 20.8 Å². The standard InChI is InChI=1S/3C4H9O.Ce/c3*1-3-4(2)5;/h3*4H,3H2,1-2H3;/q3*-1;+3. The minimum Gasteiger partial charge on any atom is -0.852 e. The molecule has 0 aromatic carbocycles. The van der Waals surface area contributed by atoms with Crippen LogP contribution < -0.4 is 15.3 Å². The Balaban J connectivity index is -0.0000000655. The van der Waals surface area contributed by atoms with Gasteiger partial charge in [-0.15, -0.1) is 18.3 Å². The zero-order valence-corrected chi connectivity index (χ0v) is 14.7. The third-order valence-electron chi connectivity index (χ3n) is 1.72. The van der Waals surface area contributed by atoms with Crippen molar-refractivity contribution >= 4 is 0 Å². The van der Waals surface area contributed by atoms with Crippen molar-refractivity contribution in [2.75, 3.05) is 0 Å². The molecule has 0 heterocycles. The molecule has 0 aromatic heterocycles. The Morgan fingerprint density at radius 2 is 0.688 bits per heavy atom. The zero-order chi connectivity index (χ0) is 12.9. The first-order valence-electron chi connectivity index (χ1n) is 5.79. The van der Waals surface area contributed by atoms with Gasteiger partial charge in [-0.1, -0.05) is 60.8 Å². The van der Waals surface area contributed by atoms with E-state index in [1.165, 1.54) is 0 Å². The summed E-state index contributed by atoms with van der Waals surface area (Å²) in [6, 6.07) is 0. The monoisotopic (exact) mass is 359 g/mol. The molecule has 3 atom stereocenters. The second kappa shape index (κ2) is 21.5. The molecular weight excluding hydrogens is 332 g/mol. The largest absolute Gasteiger partial charge is 3.00 e. The van der Waals surface area contributed by atoms with Gasteiger partial charge in [0.2, 0.25) is 0 Å². The molecule has 3 nitrogen and oxygen atoms in total. The third kappa shape index (κ3) is 58.9. The third-order valence-corrected chi connectivity index (χ3v) is 1.72. The molecule has 0 aliphatic carbocycles. The second-order valence-corrected chi connectivity index (χ2v) is 3.66. The van der Waals surface area contributed by atoms with E-state index in [0.29, 0.717) is 0 Å². The average Bonchev–Trinajstić information content (AvgIpc) is 2.19. The molecule has 1 radical (unpaired) electrons. The predicted octanol–water partition coefficient (Wildman–Crippen LogP) is 0.436. The maximum absolute atomic E-state index is 9.90. The van der Waals surface area contributed by atoms with Crippen LogP contribution in [0.15, 0.2) is 0 Å². The van der Waals surface area contributed by atoms with Gasteiger partial charge in [0.05, 0.1) is 0 Å². The smallest absolute Gasteiger partial charge is 0.852 e. The van der Waals surface area contributed by atoms with Crippen LogP contribution in [0.1, 0.15) is 60.8 Å². The predicted molar refractivity (Wildman–Crippen MR) is 59.3 cm³/mol. The summed E-state index contributed by atoms with van der Waals surface area (Å²) in [6.45, 7) is 10.7. The van der Waals surface area contributed by atoms with Crippen LogP contribution in [0, 0.1) is 41.7 Å². The number of hydrogen-bond acceptors (Lipinski definition) is 3. The van der Waals surface area contributed by atoms with E-state index in [0.717, 1.165) is 19.3 Å². The SMILES string of the molecule is CCC(C)[O-].CCC(C)[O-].CCC(C)[O-].[Ce+3]. The summed E-state index contributed by atoms with van der Waals surface area (Å²) < 4.78 is 0. The van der Waals surface area contributed by atoms with Gasteiger partial charge in [-0.25, -0.2) is 0 Å². The molecule has 0 saturated heterocycles. The summed E-state index contributed by atoms with van der Waals surface area (Å²) in [5, 5.41) is 29.7. The van der Waals surface area contributed by atoms with E-state index in [-0.39, 0.29) is 60.1 Å². The Labute approximate surface area is 135 Å². The molecule has 0 aliphatic rings. The number of hydrogen-bond donors (Lipinski definition) is 0. The summed E-state index contributed by atoms with van der Waals surface area (Å²) in [5.74, 6) is 0. The van der Waals surface area contributed by atoms with Crippen LogP contribution >= 0.6 is 0 Å². The van der Waals surface area contributed by atoms with E-state index in [9.17, 15) is 15.3 Å². The molecule has 16 heavy (non-hydrogen) atoms. The van der Waals surface area contributed by atoms with Crippen LogP contribution in [-0.2, 0) is 0 Å². The molecule has 97 valence electrons. The molecule has 0 amide bonds. The van der Waals surface area contributed by atoms with Crippen LogP contribution in [0.5, 0.6) is 0 Å². The van der Waals surface area contributed by atoms with E-state index in [1.54, 1.807) is 20.8 Å². The van der Waals surface area contributed by atoms with Gasteiger partial charge >= 0.3 is 41.7 Å². The Kier molecular flexibility index (Phi) is 34.9. The molecule has 0 spiro atoms. The Morgan fingerprint density at radius 3 is 0.688 bits per heavy atom. The fourth-order valence-corrected chi connectivity index (χ4v) is 0. The van der Waals surface area contributed by atoms with Crippen LogP contribution in [0.25, 0.3) is 0 Å². The maximum atomic E-state index is 9.90. The van der Waals surface area contributed by atoms with Gasteiger partial charge < -0.3 is 15.3 Å². The van der Waals surface area contributed by atoms with Crippen LogP contribution in [0.3, 0.4) is 0 Å². The summed E-state index contributed by atoms with van der Waals surface area (Å²) >= 11 is 0. The Hall–Kier alpha value is 1.26. The van der Waals surface area contributed by atoms with Gasteiger partial charge in [-0.3, -0.25) is 0 Å². The zero-order valence-electron chi connectivity index (χ0n) is 11.6. The normalized spacial score (nSPS) is 14.1. The molecule has 0 bridgehead atoms. The van der Waals surface area contributed by atoms with Gasteiger partial charge in [-0.2, -0.15) is 0 Å². The van der Waals surface area contributed by atoms with E-state index < -0.39 is 0 Å². The van der Waals surface area contributed by atoms with Gasteiger partial charge in [0, 0.05) is 0 Å². The Morgan fingerprint density at radius 1 is 0.625 bits per heavy atom. The van der Waals surface area contributed by atoms with Gasteiger partial charge in [0.15, 0.2) is 0 Å². The van der Waals surface area contributed by atoms with Crippen molar-refractivity contribution in [1.29, 1.82) is 0 Å². The molecular formula is C12H27CeO3.